The van der Waals surface area contributed by atoms with Crippen LogP contribution in [-0.4, -0.2) is 33.9 Å². The predicted octanol–water partition coefficient (Wildman–Crippen LogP) is 4.07. The lowest BCUT2D eigenvalue weighted by molar-refractivity contribution is -0.125. The number of benzene rings is 2. The molecule has 1 heterocycles. The lowest BCUT2D eigenvalue weighted by atomic mass is 9.94. The highest BCUT2D eigenvalue weighted by atomic mass is 32.2. The molecule has 0 bridgehead atoms. The first kappa shape index (κ1) is 20.4. The van der Waals surface area contributed by atoms with Gasteiger partial charge in [-0.05, 0) is 23.1 Å². The van der Waals surface area contributed by atoms with Gasteiger partial charge in [0.25, 0.3) is 5.91 Å². The van der Waals surface area contributed by atoms with Gasteiger partial charge < -0.3 is 10.2 Å². The van der Waals surface area contributed by atoms with E-state index < -0.39 is 17.8 Å². The lowest BCUT2D eigenvalue weighted by Gasteiger charge is -2.36. The summed E-state index contributed by atoms with van der Waals surface area (Å²) in [5.74, 6) is -0.737. The molecule has 0 radical (unpaired) electrons. The summed E-state index contributed by atoms with van der Waals surface area (Å²) in [4.78, 5) is 27.7. The van der Waals surface area contributed by atoms with Gasteiger partial charge in [0, 0.05) is 12.3 Å². The third-order valence-electron chi connectivity index (χ3n) is 4.69. The van der Waals surface area contributed by atoms with Crippen LogP contribution in [0.2, 0.25) is 0 Å². The van der Waals surface area contributed by atoms with Gasteiger partial charge in [-0.15, -0.1) is 11.8 Å². The molecule has 1 aliphatic rings. The van der Waals surface area contributed by atoms with Crippen molar-refractivity contribution in [2.75, 3.05) is 5.75 Å². The number of carbonyl (C=O) groups excluding carboxylic acids is 2. The first-order chi connectivity index (χ1) is 13.3. The summed E-state index contributed by atoms with van der Waals surface area (Å²) >= 11 is 1.57. The number of hydrogen-bond acceptors (Lipinski definition) is 3. The molecule has 2 aromatic carbocycles. The number of rotatable bonds is 4. The molecule has 3 rings (SSSR count). The van der Waals surface area contributed by atoms with Crippen LogP contribution in [0, 0.1) is 11.2 Å². The van der Waals surface area contributed by atoms with Gasteiger partial charge in [-0.2, -0.15) is 0 Å². The van der Waals surface area contributed by atoms with Crippen LogP contribution in [0.1, 0.15) is 36.7 Å². The van der Waals surface area contributed by atoms with E-state index in [9.17, 15) is 14.0 Å². The van der Waals surface area contributed by atoms with Crippen molar-refractivity contribution in [1.29, 1.82) is 0 Å². The van der Waals surface area contributed by atoms with E-state index in [2.05, 4.69) is 5.32 Å². The molecule has 1 fully saturated rings. The summed E-state index contributed by atoms with van der Waals surface area (Å²) in [5, 5.41) is 2.71. The zero-order chi connectivity index (χ0) is 20.3. The molecule has 0 aliphatic carbocycles. The topological polar surface area (TPSA) is 49.4 Å². The zero-order valence-electron chi connectivity index (χ0n) is 16.3. The minimum atomic E-state index is -0.634. The Morgan fingerprint density at radius 1 is 1.11 bits per heavy atom. The Hall–Kier alpha value is -2.34. The highest BCUT2D eigenvalue weighted by molar-refractivity contribution is 8.00. The molecule has 2 aromatic rings. The number of amides is 2. The van der Waals surface area contributed by atoms with E-state index in [0.717, 1.165) is 5.56 Å². The van der Waals surface area contributed by atoms with Gasteiger partial charge in [-0.1, -0.05) is 63.2 Å². The number of carbonyl (C=O) groups is 2. The number of nitrogens with zero attached hydrogens (tertiary/aromatic N) is 1. The summed E-state index contributed by atoms with van der Waals surface area (Å²) in [6.45, 7) is 6.46. The van der Waals surface area contributed by atoms with E-state index >= 15 is 0 Å². The van der Waals surface area contributed by atoms with Gasteiger partial charge in [0.2, 0.25) is 5.91 Å². The van der Waals surface area contributed by atoms with Crippen LogP contribution in [0.3, 0.4) is 0 Å². The van der Waals surface area contributed by atoms with Crippen molar-refractivity contribution in [3.05, 3.63) is 71.5 Å². The van der Waals surface area contributed by atoms with E-state index in [1.165, 1.54) is 12.1 Å². The number of nitrogens with one attached hydrogen (secondary N) is 1. The summed E-state index contributed by atoms with van der Waals surface area (Å²) in [5.41, 5.74) is 0.737. The van der Waals surface area contributed by atoms with Gasteiger partial charge in [0.1, 0.15) is 11.9 Å². The zero-order valence-corrected chi connectivity index (χ0v) is 17.1. The van der Waals surface area contributed by atoms with Gasteiger partial charge in [-0.3, -0.25) is 9.59 Å². The van der Waals surface area contributed by atoms with Gasteiger partial charge in [0.05, 0.1) is 10.9 Å². The van der Waals surface area contributed by atoms with Crippen LogP contribution in [0.25, 0.3) is 0 Å². The van der Waals surface area contributed by atoms with Crippen LogP contribution >= 0.6 is 11.8 Å². The highest BCUT2D eigenvalue weighted by Crippen LogP contribution is 2.41. The molecule has 28 heavy (non-hydrogen) atoms. The Bertz CT molecular complexity index is 851. The molecule has 6 heteroatoms. The van der Waals surface area contributed by atoms with Crippen LogP contribution in [0.15, 0.2) is 54.6 Å². The van der Waals surface area contributed by atoms with E-state index in [-0.39, 0.29) is 22.3 Å². The standard InChI is InChI=1S/C22H25FN2O2S/c1-22(2,3)21-25(20(27)16-11-7-8-12-17(16)23)18(14-28-21)19(26)24-13-15-9-5-4-6-10-15/h4-12,18,21H,13-14H2,1-3H3,(H,24,26). The molecule has 148 valence electrons. The SMILES string of the molecule is CC(C)(C)C1SCC(C(=O)NCc2ccccc2)N1C(=O)c1ccccc1F. The maximum Gasteiger partial charge on any atom is 0.258 e. The fraction of sp³-hybridized carbons (Fsp3) is 0.364. The molecule has 2 atom stereocenters. The maximum atomic E-state index is 14.3. The summed E-state index contributed by atoms with van der Waals surface area (Å²) in [6.07, 6.45) is 0. The third-order valence-corrected chi connectivity index (χ3v) is 6.45. The predicted molar refractivity (Wildman–Crippen MR) is 110 cm³/mol. The monoisotopic (exact) mass is 400 g/mol. The molecule has 1 aliphatic heterocycles. The van der Waals surface area contributed by atoms with Gasteiger partial charge in [-0.25, -0.2) is 4.39 Å². The van der Waals surface area contributed by atoms with E-state index in [1.807, 2.05) is 51.1 Å². The molecule has 1 saturated heterocycles. The Morgan fingerprint density at radius 2 is 1.75 bits per heavy atom. The van der Waals surface area contributed by atoms with Crippen LogP contribution in [-0.2, 0) is 11.3 Å². The van der Waals surface area contributed by atoms with Crippen LogP contribution < -0.4 is 5.32 Å². The Kier molecular flexibility index (Phi) is 6.08. The number of thioether (sulfide) groups is 1. The fourth-order valence-electron chi connectivity index (χ4n) is 3.30. The second kappa shape index (κ2) is 8.35. The second-order valence-corrected chi connectivity index (χ2v) is 9.08. The summed E-state index contributed by atoms with van der Waals surface area (Å²) < 4.78 is 14.3. The van der Waals surface area contributed by atoms with Crippen molar-refractivity contribution in [2.45, 2.75) is 38.7 Å². The highest BCUT2D eigenvalue weighted by Gasteiger charge is 2.46. The van der Waals surface area contributed by atoms with Crippen molar-refractivity contribution >= 4 is 23.6 Å². The Morgan fingerprint density at radius 3 is 2.39 bits per heavy atom. The smallest absolute Gasteiger partial charge is 0.258 e. The fourth-order valence-corrected chi connectivity index (χ4v) is 4.88. The van der Waals surface area contributed by atoms with Crippen molar-refractivity contribution < 1.29 is 14.0 Å². The van der Waals surface area contributed by atoms with E-state index in [0.29, 0.717) is 12.3 Å². The van der Waals surface area contributed by atoms with E-state index in [4.69, 9.17) is 0 Å². The largest absolute Gasteiger partial charge is 0.350 e. The quantitative estimate of drug-likeness (QED) is 0.842. The summed E-state index contributed by atoms with van der Waals surface area (Å²) in [7, 11) is 0. The average molecular weight is 401 g/mol. The molecule has 0 aromatic heterocycles. The Labute approximate surface area is 169 Å². The lowest BCUT2D eigenvalue weighted by Crippen LogP contribution is -2.52. The van der Waals surface area contributed by atoms with Crippen molar-refractivity contribution in [1.82, 2.24) is 10.2 Å². The molecule has 0 spiro atoms. The third kappa shape index (κ3) is 4.38. The van der Waals surface area contributed by atoms with Crippen molar-refractivity contribution in [2.24, 2.45) is 5.41 Å². The average Bonchev–Trinajstić information content (AvgIpc) is 3.12. The van der Waals surface area contributed by atoms with Crippen LogP contribution in [0.5, 0.6) is 0 Å². The Balaban J connectivity index is 1.83. The number of halogens is 1. The second-order valence-electron chi connectivity index (χ2n) is 7.96. The normalized spacial score (nSPS) is 19.5. The molecule has 1 N–H and O–H groups in total. The molecular weight excluding hydrogens is 375 g/mol. The van der Waals surface area contributed by atoms with Gasteiger partial charge >= 0.3 is 0 Å². The van der Waals surface area contributed by atoms with Gasteiger partial charge in [0.15, 0.2) is 0 Å². The number of hydrogen-bond donors (Lipinski definition) is 1. The first-order valence-electron chi connectivity index (χ1n) is 9.29. The van der Waals surface area contributed by atoms with Crippen molar-refractivity contribution in [3.63, 3.8) is 0 Å². The summed E-state index contributed by atoms with van der Waals surface area (Å²) in [6, 6.07) is 14.9. The minimum absolute atomic E-state index is 0.000101. The molecule has 0 saturated carbocycles. The first-order valence-corrected chi connectivity index (χ1v) is 10.3. The van der Waals surface area contributed by atoms with E-state index in [1.54, 1.807) is 28.8 Å². The molecule has 2 amide bonds. The molecular formula is C22H25FN2O2S. The molecule has 2 unspecified atom stereocenters. The van der Waals surface area contributed by atoms with Crippen LogP contribution in [0.4, 0.5) is 4.39 Å². The van der Waals surface area contributed by atoms with Crippen molar-refractivity contribution in [3.8, 4) is 0 Å². The minimum Gasteiger partial charge on any atom is -0.350 e. The molecule has 4 nitrogen and oxygen atoms in total. The maximum absolute atomic E-state index is 14.3.